The highest BCUT2D eigenvalue weighted by atomic mass is 32.2. The maximum absolute atomic E-state index is 13.4. The number of aliphatic hydroxyl groups excluding tert-OH is 2. The van der Waals surface area contributed by atoms with Gasteiger partial charge in [-0.3, -0.25) is 32.8 Å². The number of phosphoric acid groups is 3. The Morgan fingerprint density at radius 2 is 1.61 bits per heavy atom. The second-order valence-corrected chi connectivity index (χ2v) is 27.0. The fourth-order valence-corrected chi connectivity index (χ4v) is 14.0. The van der Waals surface area contributed by atoms with E-state index in [4.69, 9.17) is 18.9 Å². The van der Waals surface area contributed by atoms with Crippen LogP contribution in [-0.2, 0) is 62.0 Å². The van der Waals surface area contributed by atoms with Gasteiger partial charge in [-0.05, 0) is 88.4 Å². The first-order valence-corrected chi connectivity index (χ1v) is 33.3. The van der Waals surface area contributed by atoms with Crippen LogP contribution >= 0.6 is 23.5 Å². The number of carbonyl (C=O) groups excluding carboxylic acids is 1. The molecule has 0 saturated carbocycles. The molecule has 0 bridgehead atoms. The average molecular weight is 1270 g/mol. The van der Waals surface area contributed by atoms with Crippen molar-refractivity contribution in [2.45, 2.75) is 88.2 Å². The minimum absolute atomic E-state index is 0.0387. The van der Waals surface area contributed by atoms with Gasteiger partial charge in [0, 0.05) is 65.3 Å². The third kappa shape index (κ3) is 16.2. The lowest BCUT2D eigenvalue weighted by Crippen LogP contribution is -2.38. The lowest BCUT2D eigenvalue weighted by atomic mass is 9.77. The molecule has 3 unspecified atom stereocenters. The van der Waals surface area contributed by atoms with Gasteiger partial charge in [0.25, 0.3) is 25.8 Å². The van der Waals surface area contributed by atoms with E-state index in [1.165, 1.54) is 30.4 Å². The number of carbonyl (C=O) groups is 1. The van der Waals surface area contributed by atoms with Crippen LogP contribution in [0, 0.1) is 6.92 Å². The maximum atomic E-state index is 13.4. The highest BCUT2D eigenvalue weighted by Crippen LogP contribution is 2.66. The van der Waals surface area contributed by atoms with Gasteiger partial charge in [0.15, 0.2) is 6.23 Å². The number of hydrogen-bond acceptors (Lipinski definition) is 18. The molecule has 28 nitrogen and oxygen atoms in total. The molecule has 4 heterocycles. The van der Waals surface area contributed by atoms with Crippen LogP contribution < -0.4 is 31.4 Å². The molecule has 84 heavy (non-hydrogen) atoms. The molecule has 3 aliphatic heterocycles. The fraction of sp³-hybridized carbons (Fsp3) is 0.373. The molecule has 7 atom stereocenters. The van der Waals surface area contributed by atoms with Gasteiger partial charge in [-0.2, -0.15) is 25.5 Å². The number of fused-ring (bicyclic) bond motifs is 2. The third-order valence-corrected chi connectivity index (χ3v) is 19.4. The third-order valence-electron chi connectivity index (χ3n) is 13.9. The summed E-state index contributed by atoms with van der Waals surface area (Å²) in [4.78, 5) is 79.2. The number of H-pyrrole nitrogens is 1. The Morgan fingerprint density at radius 1 is 0.905 bits per heavy atom. The van der Waals surface area contributed by atoms with Crippen LogP contribution in [0.5, 0.6) is 0 Å². The second kappa shape index (κ2) is 26.4. The summed E-state index contributed by atoms with van der Waals surface area (Å²) in [6.45, 7) is 8.09. The topological polar surface area (TPSA) is 422 Å². The first kappa shape index (κ1) is 65.7. The van der Waals surface area contributed by atoms with Crippen molar-refractivity contribution in [2.75, 3.05) is 43.4 Å². The molecule has 1 saturated heterocycles. The average Bonchev–Trinajstić information content (AvgIpc) is 1.67. The number of rotatable bonds is 25. The monoisotopic (exact) mass is 1270 g/mol. The number of aromatic amines is 1. The fourth-order valence-electron chi connectivity index (χ4n) is 9.96. The van der Waals surface area contributed by atoms with E-state index in [0.29, 0.717) is 33.0 Å². The van der Waals surface area contributed by atoms with Crippen molar-refractivity contribution in [3.8, 4) is 22.6 Å². The Kier molecular flexibility index (Phi) is 20.7. The first-order valence-electron chi connectivity index (χ1n) is 25.8. The van der Waals surface area contributed by atoms with Crippen LogP contribution in [0.2, 0.25) is 0 Å². The largest absolute Gasteiger partial charge is 0.490 e. The highest BCUT2D eigenvalue weighted by molar-refractivity contribution is 7.86. The van der Waals surface area contributed by atoms with Crippen LogP contribution in [0.4, 0.5) is 5.69 Å². The molecule has 1 aliphatic carbocycles. The van der Waals surface area contributed by atoms with E-state index in [-0.39, 0.29) is 44.3 Å². The molecule has 3 aromatic rings. The predicted molar refractivity (Wildman–Crippen MR) is 304 cm³/mol. The quantitative estimate of drug-likeness (QED) is 0.0222. The molecule has 1 fully saturated rings. The van der Waals surface area contributed by atoms with Gasteiger partial charge in [-0.25, -0.2) is 23.1 Å². The van der Waals surface area contributed by atoms with E-state index in [9.17, 15) is 74.0 Å². The predicted octanol–water partition coefficient (Wildman–Crippen LogP) is 4.18. The summed E-state index contributed by atoms with van der Waals surface area (Å²) < 4.78 is 131. The van der Waals surface area contributed by atoms with Gasteiger partial charge in [-0.1, -0.05) is 54.6 Å². The Balaban J connectivity index is 1.11. The number of hydrogen-bond donors (Lipinski definition) is 10. The number of aliphatic hydroxyl groups is 2. The van der Waals surface area contributed by atoms with E-state index < -0.39 is 108 Å². The molecular weight excluding hydrogens is 1210 g/mol. The number of amides is 1. The van der Waals surface area contributed by atoms with Crippen LogP contribution in [0.15, 0.2) is 116 Å². The Bertz CT molecular complexity index is 3930. The van der Waals surface area contributed by atoms with Crippen molar-refractivity contribution in [3.05, 3.63) is 145 Å². The van der Waals surface area contributed by atoms with Crippen LogP contribution in [-0.4, -0.2) is 128 Å². The van der Waals surface area contributed by atoms with E-state index in [2.05, 4.69) is 36.9 Å². The molecule has 0 radical (unpaired) electrons. The number of nitrogens with zero attached hydrogens (tertiary/aromatic N) is 3. The summed E-state index contributed by atoms with van der Waals surface area (Å²) >= 11 is 0. The van der Waals surface area contributed by atoms with Crippen LogP contribution in [0.25, 0.3) is 34.8 Å². The zero-order valence-electron chi connectivity index (χ0n) is 45.4. The van der Waals surface area contributed by atoms with Crippen molar-refractivity contribution in [1.29, 1.82) is 0 Å². The number of nitrogens with one attached hydrogen (secondary N) is 2. The highest BCUT2D eigenvalue weighted by Gasteiger charge is 2.47. The molecule has 1 amide bonds. The number of aromatic nitrogens is 2. The maximum Gasteiger partial charge on any atom is 0.490 e. The molecule has 456 valence electrons. The zero-order valence-corrected chi connectivity index (χ0v) is 49.7. The molecule has 10 N–H and O–H groups in total. The van der Waals surface area contributed by atoms with Crippen molar-refractivity contribution >= 4 is 67.5 Å². The Labute approximate surface area is 481 Å². The lowest BCUT2D eigenvalue weighted by molar-refractivity contribution is -0.121. The normalized spacial score (nSPS) is 21.3. The summed E-state index contributed by atoms with van der Waals surface area (Å²) in [6.07, 6.45) is 1.70. The molecule has 7 rings (SSSR count). The zero-order chi connectivity index (χ0) is 61.7. The number of phosphoric ester groups is 1. The molecule has 4 aliphatic rings. The number of benzene rings is 3. The number of anilines is 1. The lowest BCUT2D eigenvalue weighted by Gasteiger charge is -2.30. The second-order valence-electron chi connectivity index (χ2n) is 19.6. The van der Waals surface area contributed by atoms with Gasteiger partial charge < -0.3 is 49.2 Å². The minimum atomic E-state index is -5.90. The van der Waals surface area contributed by atoms with Crippen LogP contribution in [0.3, 0.4) is 0 Å². The first-order chi connectivity index (χ1) is 39.2. The molecule has 0 spiro atoms. The van der Waals surface area contributed by atoms with E-state index in [1.807, 2.05) is 90.5 Å². The molecule has 2 aromatic carbocycles. The van der Waals surface area contributed by atoms with E-state index >= 15 is 0 Å². The Morgan fingerprint density at radius 3 is 2.26 bits per heavy atom. The van der Waals surface area contributed by atoms with Crippen molar-refractivity contribution < 1.29 is 96.5 Å². The van der Waals surface area contributed by atoms with Gasteiger partial charge in [0.05, 0.1) is 28.9 Å². The smallest absolute Gasteiger partial charge is 0.456 e. The summed E-state index contributed by atoms with van der Waals surface area (Å²) in [5.74, 6) is 0.200. The number of ether oxygens (including phenoxy) is 1. The Hall–Kier alpha value is -5.85. The SMILES string of the molecule is CC[N+](CC)=c1ccc2c(/C=C/C=C3\N(CCCS(=O)(=O)O)c4ccc(S(=O)(=O)O)cc4C3(C)CCCC(=O)NC/C=C/c3cn([C@@H]4O[C@H](COP(=O)(O)OP(=O)(O)OP(=O)(O)O)[C@@H](O)[C@H]4O)c(=O)[nH]c3=O)c(C)c(-c3ccccc3)oc-2c1. The summed E-state index contributed by atoms with van der Waals surface area (Å²) in [5, 5.41) is 25.0. The van der Waals surface area contributed by atoms with Crippen molar-refractivity contribution in [2.24, 2.45) is 0 Å². The van der Waals surface area contributed by atoms with Gasteiger partial charge >= 0.3 is 29.2 Å². The van der Waals surface area contributed by atoms with Gasteiger partial charge in [-0.15, -0.1) is 0 Å². The molecule has 33 heteroatoms. The number of allylic oxidation sites excluding steroid dienone is 3. The van der Waals surface area contributed by atoms with E-state index in [0.717, 1.165) is 46.9 Å². The van der Waals surface area contributed by atoms with E-state index in [1.54, 1.807) is 0 Å². The summed E-state index contributed by atoms with van der Waals surface area (Å²) in [5.41, 5.74) is 1.38. The molecular formula is C51H63N5O23P3S2+. The summed E-state index contributed by atoms with van der Waals surface area (Å²) in [6, 6.07) is 19.6. The summed E-state index contributed by atoms with van der Waals surface area (Å²) in [7, 11) is -26.4. The minimum Gasteiger partial charge on any atom is -0.456 e. The van der Waals surface area contributed by atoms with Gasteiger partial charge in [0.1, 0.15) is 42.9 Å². The van der Waals surface area contributed by atoms with Crippen molar-refractivity contribution in [3.63, 3.8) is 0 Å². The van der Waals surface area contributed by atoms with Crippen molar-refractivity contribution in [1.82, 2.24) is 19.4 Å². The molecule has 1 aromatic heterocycles. The van der Waals surface area contributed by atoms with Gasteiger partial charge in [0.2, 0.25) is 11.3 Å². The standard InChI is InChI=1S/C51H62N5O23P3S2/c1-5-54(6-2)35-20-22-38-37(32(3)47(76-41(38)28-35)33-14-8-7-9-15-33)17-10-18-43-51(4,39-29-36(84(72,73)74)21-23-40(39)55(43)26-13-27-83(69,70)71)24-11-19-44(57)52-25-12-16-34-30-56(50(61)53-48(34)60)49-46(59)45(58)42(77-49)31-75-81(65,66)79-82(67,68)78-80(62,63)64/h7-10,12,14-18,20-23,28-30,42,45-46,49,58-59H,5-6,11,13,19,24-27,31H2,1-4H3,(H7-,52,53,57,60,61,62,63,64,65,66,67,68,69,70,71,72,73,74)/p+1/b16-12+/t42-,45-,46-,49-,51?/m1/s1. The van der Waals surface area contributed by atoms with Crippen LogP contribution in [0.1, 0.15) is 74.9 Å².